The molecule has 2 rings (SSSR count). The van der Waals surface area contributed by atoms with Gasteiger partial charge in [0.15, 0.2) is 0 Å². The van der Waals surface area contributed by atoms with Crippen LogP contribution in [-0.2, 0) is 20.0 Å². The Morgan fingerprint density at radius 3 is 2.79 bits per heavy atom. The predicted molar refractivity (Wildman–Crippen MR) is 61.0 cm³/mol. The van der Waals surface area contributed by atoms with E-state index < -0.39 is 0 Å². The number of nitrogens with one attached hydrogen (secondary N) is 1. The SMILES string of the molecule is C=Cc1c2c(n(C)c1C=C)CNCC2. The first-order valence-electron chi connectivity index (χ1n) is 4.95. The van der Waals surface area contributed by atoms with E-state index in [1.165, 1.54) is 22.5 Å². The number of nitrogens with zero attached hydrogens (tertiary/aromatic N) is 1. The molecule has 1 N–H and O–H groups in total. The Kier molecular flexibility index (Phi) is 2.30. The molecule has 2 nitrogen and oxygen atoms in total. The number of hydrogen-bond acceptors (Lipinski definition) is 1. The molecule has 0 radical (unpaired) electrons. The molecular formula is C12H16N2. The van der Waals surface area contributed by atoms with Crippen LogP contribution in [-0.4, -0.2) is 11.1 Å². The number of hydrogen-bond donors (Lipinski definition) is 1. The zero-order chi connectivity index (χ0) is 10.1. The molecule has 0 unspecified atom stereocenters. The molecule has 0 saturated heterocycles. The summed E-state index contributed by atoms with van der Waals surface area (Å²) in [6.45, 7) is 9.76. The maximum Gasteiger partial charge on any atom is 0.0477 e. The van der Waals surface area contributed by atoms with E-state index in [2.05, 4.69) is 30.1 Å². The van der Waals surface area contributed by atoms with Gasteiger partial charge in [0.25, 0.3) is 0 Å². The fourth-order valence-corrected chi connectivity index (χ4v) is 2.24. The summed E-state index contributed by atoms with van der Waals surface area (Å²) in [6, 6.07) is 0. The zero-order valence-electron chi connectivity index (χ0n) is 8.64. The summed E-state index contributed by atoms with van der Waals surface area (Å²) in [5.74, 6) is 0. The summed E-state index contributed by atoms with van der Waals surface area (Å²) < 4.78 is 2.21. The molecule has 1 aromatic rings. The van der Waals surface area contributed by atoms with Gasteiger partial charge in [0.05, 0.1) is 0 Å². The monoisotopic (exact) mass is 188 g/mol. The van der Waals surface area contributed by atoms with Crippen molar-refractivity contribution in [3.8, 4) is 0 Å². The van der Waals surface area contributed by atoms with Crippen LogP contribution in [0.2, 0.25) is 0 Å². The van der Waals surface area contributed by atoms with Crippen LogP contribution in [0.15, 0.2) is 13.2 Å². The molecule has 2 heteroatoms. The van der Waals surface area contributed by atoms with Gasteiger partial charge in [-0.2, -0.15) is 0 Å². The molecule has 74 valence electrons. The van der Waals surface area contributed by atoms with Gasteiger partial charge in [0.1, 0.15) is 0 Å². The molecule has 0 amide bonds. The minimum Gasteiger partial charge on any atom is -0.346 e. The minimum atomic E-state index is 0.959. The van der Waals surface area contributed by atoms with Crippen molar-refractivity contribution >= 4 is 12.2 Å². The molecule has 1 aromatic heterocycles. The summed E-state index contributed by atoms with van der Waals surface area (Å²) in [5, 5.41) is 3.38. The fourth-order valence-electron chi connectivity index (χ4n) is 2.24. The van der Waals surface area contributed by atoms with Gasteiger partial charge in [-0.05, 0) is 24.6 Å². The summed E-state index contributed by atoms with van der Waals surface area (Å²) in [7, 11) is 2.09. The average molecular weight is 188 g/mol. The Bertz CT molecular complexity index is 386. The van der Waals surface area contributed by atoms with Gasteiger partial charge in [0, 0.05) is 30.5 Å². The van der Waals surface area contributed by atoms with Crippen LogP contribution in [0.25, 0.3) is 12.2 Å². The van der Waals surface area contributed by atoms with E-state index in [1.54, 1.807) is 0 Å². The molecule has 14 heavy (non-hydrogen) atoms. The highest BCUT2D eigenvalue weighted by atomic mass is 15.0. The van der Waals surface area contributed by atoms with E-state index in [4.69, 9.17) is 0 Å². The molecule has 2 heterocycles. The van der Waals surface area contributed by atoms with Gasteiger partial charge in [-0.3, -0.25) is 0 Å². The van der Waals surface area contributed by atoms with Gasteiger partial charge in [-0.15, -0.1) is 0 Å². The lowest BCUT2D eigenvalue weighted by Crippen LogP contribution is -2.24. The van der Waals surface area contributed by atoms with Crippen LogP contribution in [0.5, 0.6) is 0 Å². The largest absolute Gasteiger partial charge is 0.346 e. The smallest absolute Gasteiger partial charge is 0.0477 e. The first-order chi connectivity index (χ1) is 6.79. The highest BCUT2D eigenvalue weighted by molar-refractivity contribution is 5.67. The maximum atomic E-state index is 3.88. The molecule has 0 fully saturated rings. The van der Waals surface area contributed by atoms with E-state index in [0.717, 1.165) is 19.5 Å². The van der Waals surface area contributed by atoms with Gasteiger partial charge in [-0.1, -0.05) is 19.2 Å². The first kappa shape index (κ1) is 9.28. The van der Waals surface area contributed by atoms with Crippen molar-refractivity contribution in [1.82, 2.24) is 9.88 Å². The van der Waals surface area contributed by atoms with Crippen molar-refractivity contribution in [2.45, 2.75) is 13.0 Å². The second-order valence-electron chi connectivity index (χ2n) is 3.62. The summed E-state index contributed by atoms with van der Waals surface area (Å²) in [5.41, 5.74) is 5.27. The highest BCUT2D eigenvalue weighted by Crippen LogP contribution is 2.26. The molecule has 0 atom stereocenters. The van der Waals surface area contributed by atoms with Crippen LogP contribution in [0, 0.1) is 0 Å². The third-order valence-electron chi connectivity index (χ3n) is 2.96. The molecule has 0 spiro atoms. The number of fused-ring (bicyclic) bond motifs is 1. The lowest BCUT2D eigenvalue weighted by Gasteiger charge is -2.15. The molecule has 0 aromatic carbocycles. The fraction of sp³-hybridized carbons (Fsp3) is 0.333. The Labute approximate surface area is 84.9 Å². The lowest BCUT2D eigenvalue weighted by atomic mass is 10.0. The zero-order valence-corrected chi connectivity index (χ0v) is 8.64. The Hall–Kier alpha value is -1.28. The summed E-state index contributed by atoms with van der Waals surface area (Å²) in [4.78, 5) is 0. The van der Waals surface area contributed by atoms with Gasteiger partial charge >= 0.3 is 0 Å². The Morgan fingerprint density at radius 1 is 1.36 bits per heavy atom. The van der Waals surface area contributed by atoms with Crippen LogP contribution in [0.4, 0.5) is 0 Å². The van der Waals surface area contributed by atoms with E-state index in [-0.39, 0.29) is 0 Å². The van der Waals surface area contributed by atoms with E-state index in [1.807, 2.05) is 12.2 Å². The molecular weight excluding hydrogens is 172 g/mol. The summed E-state index contributed by atoms with van der Waals surface area (Å²) in [6.07, 6.45) is 4.95. The lowest BCUT2D eigenvalue weighted by molar-refractivity contribution is 0.609. The van der Waals surface area contributed by atoms with Crippen molar-refractivity contribution in [3.05, 3.63) is 35.7 Å². The van der Waals surface area contributed by atoms with Gasteiger partial charge in [0.2, 0.25) is 0 Å². The van der Waals surface area contributed by atoms with Crippen LogP contribution < -0.4 is 5.32 Å². The van der Waals surface area contributed by atoms with Crippen molar-refractivity contribution in [2.75, 3.05) is 6.54 Å². The average Bonchev–Trinajstić information content (AvgIpc) is 2.51. The molecule has 0 aliphatic carbocycles. The van der Waals surface area contributed by atoms with Gasteiger partial charge in [-0.25, -0.2) is 0 Å². The normalized spacial score (nSPS) is 14.9. The number of aromatic nitrogens is 1. The van der Waals surface area contributed by atoms with E-state index >= 15 is 0 Å². The van der Waals surface area contributed by atoms with Crippen molar-refractivity contribution in [1.29, 1.82) is 0 Å². The van der Waals surface area contributed by atoms with E-state index in [0.29, 0.717) is 0 Å². The first-order valence-corrected chi connectivity index (χ1v) is 4.95. The third kappa shape index (κ3) is 1.15. The third-order valence-corrected chi connectivity index (χ3v) is 2.96. The Morgan fingerprint density at radius 2 is 2.14 bits per heavy atom. The summed E-state index contributed by atoms with van der Waals surface area (Å²) >= 11 is 0. The standard InChI is InChI=1S/C12H16N2/c1-4-9-10-6-7-13-8-12(10)14(3)11(9)5-2/h4-5,13H,1-2,6-8H2,3H3. The topological polar surface area (TPSA) is 17.0 Å². The molecule has 1 aliphatic rings. The number of rotatable bonds is 2. The van der Waals surface area contributed by atoms with Gasteiger partial charge < -0.3 is 9.88 Å². The van der Waals surface area contributed by atoms with E-state index in [9.17, 15) is 0 Å². The Balaban J connectivity index is 2.67. The van der Waals surface area contributed by atoms with Crippen molar-refractivity contribution in [3.63, 3.8) is 0 Å². The molecule has 0 saturated carbocycles. The van der Waals surface area contributed by atoms with Crippen molar-refractivity contribution in [2.24, 2.45) is 7.05 Å². The molecule has 1 aliphatic heterocycles. The predicted octanol–water partition coefficient (Wildman–Crippen LogP) is 1.96. The minimum absolute atomic E-state index is 0.959. The second-order valence-corrected chi connectivity index (χ2v) is 3.62. The quantitative estimate of drug-likeness (QED) is 0.750. The second kappa shape index (κ2) is 3.46. The van der Waals surface area contributed by atoms with Crippen molar-refractivity contribution < 1.29 is 0 Å². The maximum absolute atomic E-state index is 3.88. The molecule has 0 bridgehead atoms. The van der Waals surface area contributed by atoms with Crippen LogP contribution in [0.3, 0.4) is 0 Å². The van der Waals surface area contributed by atoms with Crippen LogP contribution in [0.1, 0.15) is 22.5 Å². The van der Waals surface area contributed by atoms with Crippen LogP contribution >= 0.6 is 0 Å². The highest BCUT2D eigenvalue weighted by Gasteiger charge is 2.19.